The molecular weight excluding hydrogens is 218 g/mol. The van der Waals surface area contributed by atoms with E-state index in [2.05, 4.69) is 10.2 Å². The maximum atomic E-state index is 10.1. The Labute approximate surface area is 98.2 Å². The molecule has 0 saturated carbocycles. The van der Waals surface area contributed by atoms with Crippen LogP contribution in [0, 0.1) is 4.91 Å². The molecule has 0 aliphatic carbocycles. The molecule has 0 fully saturated rings. The molecule has 0 unspecified atom stereocenters. The lowest BCUT2D eigenvalue weighted by atomic mass is 10.3. The van der Waals surface area contributed by atoms with Gasteiger partial charge in [-0.05, 0) is 30.3 Å². The van der Waals surface area contributed by atoms with Gasteiger partial charge in [-0.1, -0.05) is 5.18 Å². The van der Waals surface area contributed by atoms with Gasteiger partial charge in [0, 0.05) is 18.0 Å². The van der Waals surface area contributed by atoms with Gasteiger partial charge in [0.1, 0.15) is 18.0 Å². The predicted molar refractivity (Wildman–Crippen MR) is 64.7 cm³/mol. The van der Waals surface area contributed by atoms with Crippen LogP contribution in [0.2, 0.25) is 0 Å². The number of ether oxygens (including phenoxy) is 1. The van der Waals surface area contributed by atoms with Crippen LogP contribution in [0.5, 0.6) is 11.5 Å². The van der Waals surface area contributed by atoms with Gasteiger partial charge in [0.05, 0.1) is 5.69 Å². The van der Waals surface area contributed by atoms with Gasteiger partial charge in [-0.15, -0.1) is 0 Å². The lowest BCUT2D eigenvalue weighted by Gasteiger charge is -2.06. The molecule has 0 aliphatic rings. The standard InChI is InChI=1S/C12H11N3O2/c13-9-1-3-11(4-2-9)17-12-5-6-14-10(7-12)8-15-16/h1-7H,8,13H2. The van der Waals surface area contributed by atoms with E-state index in [1.165, 1.54) is 0 Å². The molecular formula is C12H11N3O2. The zero-order chi connectivity index (χ0) is 12.1. The number of pyridine rings is 1. The summed E-state index contributed by atoms with van der Waals surface area (Å²) in [4.78, 5) is 14.1. The van der Waals surface area contributed by atoms with Crippen molar-refractivity contribution in [1.29, 1.82) is 0 Å². The van der Waals surface area contributed by atoms with Gasteiger partial charge in [0.2, 0.25) is 0 Å². The second kappa shape index (κ2) is 5.07. The van der Waals surface area contributed by atoms with Crippen LogP contribution < -0.4 is 10.5 Å². The zero-order valence-electron chi connectivity index (χ0n) is 9.04. The fourth-order valence-corrected chi connectivity index (χ4v) is 1.34. The Bertz CT molecular complexity index is 511. The number of anilines is 1. The highest BCUT2D eigenvalue weighted by Crippen LogP contribution is 2.22. The number of hydrogen-bond donors (Lipinski definition) is 1. The number of nitrogens with zero attached hydrogens (tertiary/aromatic N) is 2. The molecule has 5 heteroatoms. The fourth-order valence-electron chi connectivity index (χ4n) is 1.34. The second-order valence-corrected chi connectivity index (χ2v) is 3.44. The van der Waals surface area contributed by atoms with Crippen molar-refractivity contribution in [2.24, 2.45) is 5.18 Å². The minimum atomic E-state index is 0.0406. The van der Waals surface area contributed by atoms with Crippen LogP contribution in [0.15, 0.2) is 47.8 Å². The molecule has 2 rings (SSSR count). The van der Waals surface area contributed by atoms with Crippen molar-refractivity contribution in [3.63, 3.8) is 0 Å². The molecule has 0 spiro atoms. The first-order valence-corrected chi connectivity index (χ1v) is 5.05. The minimum Gasteiger partial charge on any atom is -0.457 e. The number of aromatic nitrogens is 1. The molecule has 0 radical (unpaired) electrons. The van der Waals surface area contributed by atoms with Crippen LogP contribution in [0.3, 0.4) is 0 Å². The Balaban J connectivity index is 2.15. The largest absolute Gasteiger partial charge is 0.457 e. The summed E-state index contributed by atoms with van der Waals surface area (Å²) in [5.41, 5.74) is 6.83. The summed E-state index contributed by atoms with van der Waals surface area (Å²) >= 11 is 0. The maximum Gasteiger partial charge on any atom is 0.130 e. The topological polar surface area (TPSA) is 77.6 Å². The molecule has 17 heavy (non-hydrogen) atoms. The SMILES string of the molecule is Nc1ccc(Oc2ccnc(CN=O)c2)cc1. The first kappa shape index (κ1) is 11.1. The van der Waals surface area contributed by atoms with E-state index in [-0.39, 0.29) is 6.54 Å². The van der Waals surface area contributed by atoms with Crippen LogP contribution >= 0.6 is 0 Å². The first-order chi connectivity index (χ1) is 8.28. The molecule has 5 nitrogen and oxygen atoms in total. The maximum absolute atomic E-state index is 10.1. The number of nitrogen functional groups attached to an aromatic ring is 1. The van der Waals surface area contributed by atoms with Crippen molar-refractivity contribution in [3.8, 4) is 11.5 Å². The third-order valence-electron chi connectivity index (χ3n) is 2.13. The third kappa shape index (κ3) is 3.01. The van der Waals surface area contributed by atoms with Gasteiger partial charge in [-0.3, -0.25) is 4.98 Å². The Morgan fingerprint density at radius 2 is 1.94 bits per heavy atom. The van der Waals surface area contributed by atoms with E-state index in [0.717, 1.165) is 0 Å². The van der Waals surface area contributed by atoms with E-state index in [4.69, 9.17) is 10.5 Å². The number of nitroso groups, excluding NO2 is 1. The predicted octanol–water partition coefficient (Wildman–Crippen LogP) is 2.72. The van der Waals surface area contributed by atoms with Crippen LogP contribution in [0.4, 0.5) is 5.69 Å². The summed E-state index contributed by atoms with van der Waals surface area (Å²) in [7, 11) is 0. The number of hydrogen-bond acceptors (Lipinski definition) is 5. The molecule has 0 saturated heterocycles. The molecule has 1 heterocycles. The Morgan fingerprint density at radius 3 is 2.65 bits per heavy atom. The fraction of sp³-hybridized carbons (Fsp3) is 0.0833. The molecule has 0 amide bonds. The summed E-state index contributed by atoms with van der Waals surface area (Å²) < 4.78 is 5.58. The number of benzene rings is 1. The third-order valence-corrected chi connectivity index (χ3v) is 2.13. The number of rotatable bonds is 4. The lowest BCUT2D eigenvalue weighted by molar-refractivity contribution is 0.481. The molecule has 1 aromatic carbocycles. The second-order valence-electron chi connectivity index (χ2n) is 3.44. The van der Waals surface area contributed by atoms with E-state index in [1.807, 2.05) is 0 Å². The molecule has 0 bridgehead atoms. The Morgan fingerprint density at radius 1 is 1.18 bits per heavy atom. The van der Waals surface area contributed by atoms with Gasteiger partial charge in [0.15, 0.2) is 0 Å². The van der Waals surface area contributed by atoms with Gasteiger partial charge in [-0.2, -0.15) is 4.91 Å². The summed E-state index contributed by atoms with van der Waals surface area (Å²) in [6, 6.07) is 10.4. The highest BCUT2D eigenvalue weighted by atomic mass is 16.5. The van der Waals surface area contributed by atoms with Crippen molar-refractivity contribution < 1.29 is 4.74 Å². The molecule has 2 N–H and O–H groups in total. The smallest absolute Gasteiger partial charge is 0.130 e. The lowest BCUT2D eigenvalue weighted by Crippen LogP contribution is -1.90. The molecule has 0 atom stereocenters. The van der Waals surface area contributed by atoms with E-state index < -0.39 is 0 Å². The van der Waals surface area contributed by atoms with Gasteiger partial charge in [-0.25, -0.2) is 0 Å². The van der Waals surface area contributed by atoms with Crippen molar-refractivity contribution in [2.45, 2.75) is 6.54 Å². The molecule has 0 aliphatic heterocycles. The average Bonchev–Trinajstić information content (AvgIpc) is 2.33. The summed E-state index contributed by atoms with van der Waals surface area (Å²) in [5.74, 6) is 1.29. The van der Waals surface area contributed by atoms with Gasteiger partial charge < -0.3 is 10.5 Å². The van der Waals surface area contributed by atoms with Gasteiger partial charge >= 0.3 is 0 Å². The molecule has 1 aromatic heterocycles. The van der Waals surface area contributed by atoms with E-state index in [0.29, 0.717) is 22.9 Å². The van der Waals surface area contributed by atoms with Crippen molar-refractivity contribution in [1.82, 2.24) is 4.98 Å². The number of nitrogens with two attached hydrogens (primary N) is 1. The van der Waals surface area contributed by atoms with E-state index in [1.54, 1.807) is 42.6 Å². The Kier molecular flexibility index (Phi) is 3.30. The zero-order valence-corrected chi connectivity index (χ0v) is 9.04. The van der Waals surface area contributed by atoms with Gasteiger partial charge in [0.25, 0.3) is 0 Å². The first-order valence-electron chi connectivity index (χ1n) is 5.05. The van der Waals surface area contributed by atoms with Crippen LogP contribution in [0.25, 0.3) is 0 Å². The Hall–Kier alpha value is -2.43. The summed E-state index contributed by atoms with van der Waals surface area (Å²) in [6.07, 6.45) is 1.58. The van der Waals surface area contributed by atoms with Crippen LogP contribution in [-0.2, 0) is 6.54 Å². The van der Waals surface area contributed by atoms with Crippen molar-refractivity contribution >= 4 is 5.69 Å². The summed E-state index contributed by atoms with van der Waals surface area (Å²) in [5, 5.41) is 2.78. The normalized spacial score (nSPS) is 9.88. The highest BCUT2D eigenvalue weighted by Gasteiger charge is 2.00. The van der Waals surface area contributed by atoms with E-state index in [9.17, 15) is 4.91 Å². The average molecular weight is 229 g/mol. The summed E-state index contributed by atoms with van der Waals surface area (Å²) in [6.45, 7) is 0.0406. The quantitative estimate of drug-likeness (QED) is 0.645. The minimum absolute atomic E-state index is 0.0406. The monoisotopic (exact) mass is 229 g/mol. The molecule has 2 aromatic rings. The van der Waals surface area contributed by atoms with E-state index >= 15 is 0 Å². The van der Waals surface area contributed by atoms with Crippen LogP contribution in [-0.4, -0.2) is 4.98 Å². The van der Waals surface area contributed by atoms with Crippen molar-refractivity contribution in [3.05, 3.63) is 53.2 Å². The molecule has 86 valence electrons. The van der Waals surface area contributed by atoms with Crippen LogP contribution in [0.1, 0.15) is 5.69 Å². The highest BCUT2D eigenvalue weighted by molar-refractivity contribution is 5.43. The van der Waals surface area contributed by atoms with Crippen molar-refractivity contribution in [2.75, 3.05) is 5.73 Å².